The first-order valence-electron chi connectivity index (χ1n) is 13.2. The summed E-state index contributed by atoms with van der Waals surface area (Å²) in [5.41, 5.74) is 2.37. The number of H-pyrrole nitrogens is 1. The van der Waals surface area contributed by atoms with Crippen molar-refractivity contribution in [3.05, 3.63) is 34.0 Å². The number of imidazole rings is 1. The van der Waals surface area contributed by atoms with Gasteiger partial charge in [-0.05, 0) is 50.5 Å². The lowest BCUT2D eigenvalue weighted by Crippen LogP contribution is -2.34. The molecule has 200 valence electrons. The molecular formula is C26H30ClFN8O2. The van der Waals surface area contributed by atoms with E-state index in [1.54, 1.807) is 18.5 Å². The smallest absolute Gasteiger partial charge is 0.384 e. The fourth-order valence-corrected chi connectivity index (χ4v) is 6.16. The summed E-state index contributed by atoms with van der Waals surface area (Å²) in [6.45, 7) is 4.79. The summed E-state index contributed by atoms with van der Waals surface area (Å²) in [6.07, 6.45) is 9.49. The van der Waals surface area contributed by atoms with Gasteiger partial charge in [-0.1, -0.05) is 31.4 Å². The maximum atomic E-state index is 14.1. The fraction of sp³-hybridized carbons (Fsp3) is 0.538. The van der Waals surface area contributed by atoms with Crippen LogP contribution in [0.4, 0.5) is 10.3 Å². The maximum absolute atomic E-state index is 14.1. The van der Waals surface area contributed by atoms with E-state index in [0.29, 0.717) is 33.8 Å². The second kappa shape index (κ2) is 10.1. The summed E-state index contributed by atoms with van der Waals surface area (Å²) in [7, 11) is 0. The van der Waals surface area contributed by atoms with Crippen molar-refractivity contribution in [1.29, 1.82) is 0 Å². The van der Waals surface area contributed by atoms with Crippen molar-refractivity contribution in [3.8, 4) is 23.0 Å². The van der Waals surface area contributed by atoms with E-state index in [9.17, 15) is 9.18 Å². The maximum Gasteiger partial charge on any atom is 0.434 e. The van der Waals surface area contributed by atoms with Crippen molar-refractivity contribution in [3.63, 3.8) is 0 Å². The lowest BCUT2D eigenvalue weighted by molar-refractivity contribution is 0.227. The highest BCUT2D eigenvalue weighted by Crippen LogP contribution is 2.42. The Labute approximate surface area is 223 Å². The van der Waals surface area contributed by atoms with Gasteiger partial charge < -0.3 is 13.9 Å². The number of rotatable bonds is 6. The minimum absolute atomic E-state index is 0.0404. The summed E-state index contributed by atoms with van der Waals surface area (Å²) >= 11 is 6.34. The van der Waals surface area contributed by atoms with E-state index >= 15 is 0 Å². The van der Waals surface area contributed by atoms with Crippen molar-refractivity contribution >= 4 is 28.7 Å². The predicted molar refractivity (Wildman–Crippen MR) is 142 cm³/mol. The number of aromatic nitrogens is 7. The zero-order chi connectivity index (χ0) is 26.4. The third-order valence-electron chi connectivity index (χ3n) is 8.10. The van der Waals surface area contributed by atoms with Crippen molar-refractivity contribution in [1.82, 2.24) is 34.7 Å². The molecule has 6 rings (SSSR count). The standard InChI is InChI=1S/C26H30ClFN8O2/c1-14-5-7-16(8-6-14)15(2)36-21-20(17-10-18(27)13-29-12-17)30-23(24-33-34-26(37)38-24)31-22(21)32-25(36)35-9-3-4-19(35)11-28/h10,12-16,19H,3-9,11H2,1-2H3,(H,34,37)/t14-,15?,16-,19-/m0/s1. The molecule has 2 aliphatic rings. The molecule has 38 heavy (non-hydrogen) atoms. The molecule has 0 amide bonds. The van der Waals surface area contributed by atoms with Gasteiger partial charge in [-0.15, -0.1) is 5.10 Å². The van der Waals surface area contributed by atoms with Gasteiger partial charge in [0, 0.05) is 30.5 Å². The van der Waals surface area contributed by atoms with Crippen LogP contribution in [0, 0.1) is 11.8 Å². The van der Waals surface area contributed by atoms with Crippen LogP contribution in [0.1, 0.15) is 58.4 Å². The first kappa shape index (κ1) is 25.0. The number of fused-ring (bicyclic) bond motifs is 1. The van der Waals surface area contributed by atoms with Crippen LogP contribution in [0.2, 0.25) is 5.02 Å². The fourth-order valence-electron chi connectivity index (χ4n) is 5.98. The SMILES string of the molecule is CC([C@H]1CC[C@H](C)CC1)n1c(N2CCC[C@H]2CF)nc2nc(-c3n[nH]c(=O)o3)nc(-c3cncc(Cl)c3)c21. The zero-order valence-corrected chi connectivity index (χ0v) is 22.2. The Bertz CT molecular complexity index is 1510. The van der Waals surface area contributed by atoms with E-state index in [-0.39, 0.29) is 23.8 Å². The number of aromatic amines is 1. The van der Waals surface area contributed by atoms with Gasteiger partial charge in [-0.2, -0.15) is 4.98 Å². The Kier molecular flexibility index (Phi) is 6.63. The summed E-state index contributed by atoms with van der Waals surface area (Å²) in [5.74, 6) is 1.21. The van der Waals surface area contributed by atoms with Crippen LogP contribution in [0.25, 0.3) is 34.1 Å². The van der Waals surface area contributed by atoms with Crippen LogP contribution in [-0.4, -0.2) is 54.0 Å². The molecule has 1 N–H and O–H groups in total. The number of halogens is 2. The van der Waals surface area contributed by atoms with Gasteiger partial charge in [0.15, 0.2) is 5.65 Å². The molecule has 1 aliphatic carbocycles. The highest BCUT2D eigenvalue weighted by Gasteiger charge is 2.35. The zero-order valence-electron chi connectivity index (χ0n) is 21.4. The number of pyridine rings is 1. The normalized spacial score (nSPS) is 22.8. The third-order valence-corrected chi connectivity index (χ3v) is 8.30. The van der Waals surface area contributed by atoms with Gasteiger partial charge in [-0.25, -0.2) is 24.3 Å². The largest absolute Gasteiger partial charge is 0.434 e. The molecule has 1 aliphatic heterocycles. The number of anilines is 1. The predicted octanol–water partition coefficient (Wildman–Crippen LogP) is 5.21. The van der Waals surface area contributed by atoms with Crippen LogP contribution in [0.15, 0.2) is 27.7 Å². The van der Waals surface area contributed by atoms with Crippen molar-refractivity contribution in [2.24, 2.45) is 11.8 Å². The molecule has 0 spiro atoms. The quantitative estimate of drug-likeness (QED) is 0.354. The minimum atomic E-state index is -0.705. The number of nitrogens with one attached hydrogen (secondary N) is 1. The topological polar surface area (TPSA) is 119 Å². The van der Waals surface area contributed by atoms with Crippen LogP contribution in [0.5, 0.6) is 0 Å². The van der Waals surface area contributed by atoms with Crippen LogP contribution < -0.4 is 10.7 Å². The average Bonchev–Trinajstić information content (AvgIpc) is 3.65. The van der Waals surface area contributed by atoms with Crippen molar-refractivity contribution in [2.45, 2.75) is 64.5 Å². The molecule has 4 aromatic rings. The highest BCUT2D eigenvalue weighted by atomic mass is 35.5. The summed E-state index contributed by atoms with van der Waals surface area (Å²) in [6, 6.07) is 1.62. The van der Waals surface area contributed by atoms with Gasteiger partial charge >= 0.3 is 5.76 Å². The lowest BCUT2D eigenvalue weighted by Gasteiger charge is -2.34. The number of hydrogen-bond donors (Lipinski definition) is 1. The van der Waals surface area contributed by atoms with Gasteiger partial charge in [0.05, 0.1) is 11.1 Å². The molecule has 1 saturated carbocycles. The van der Waals surface area contributed by atoms with E-state index in [1.807, 2.05) is 0 Å². The number of hydrogen-bond acceptors (Lipinski definition) is 8. The molecule has 5 heterocycles. The monoisotopic (exact) mass is 540 g/mol. The van der Waals surface area contributed by atoms with Crippen molar-refractivity contribution in [2.75, 3.05) is 18.1 Å². The Morgan fingerprint density at radius 3 is 2.71 bits per heavy atom. The van der Waals surface area contributed by atoms with E-state index in [1.165, 1.54) is 12.8 Å². The van der Waals surface area contributed by atoms with Crippen molar-refractivity contribution < 1.29 is 8.81 Å². The first-order chi connectivity index (χ1) is 18.4. The number of nitrogens with zero attached hydrogens (tertiary/aromatic N) is 7. The second-order valence-corrected chi connectivity index (χ2v) is 11.0. The van der Waals surface area contributed by atoms with E-state index in [2.05, 4.69) is 43.5 Å². The van der Waals surface area contributed by atoms with Gasteiger partial charge in [0.2, 0.25) is 11.8 Å². The Balaban J connectivity index is 1.61. The molecule has 0 radical (unpaired) electrons. The molecule has 4 aromatic heterocycles. The molecular weight excluding hydrogens is 511 g/mol. The third kappa shape index (κ3) is 4.46. The second-order valence-electron chi connectivity index (χ2n) is 10.6. The van der Waals surface area contributed by atoms with Gasteiger partial charge in [0.1, 0.15) is 17.9 Å². The molecule has 12 heteroatoms. The molecule has 1 saturated heterocycles. The summed E-state index contributed by atoms with van der Waals surface area (Å²) < 4.78 is 21.5. The Morgan fingerprint density at radius 2 is 2.00 bits per heavy atom. The van der Waals surface area contributed by atoms with E-state index < -0.39 is 12.4 Å². The summed E-state index contributed by atoms with van der Waals surface area (Å²) in [5, 5.41) is 6.65. The number of alkyl halides is 1. The molecule has 1 unspecified atom stereocenters. The first-order valence-corrected chi connectivity index (χ1v) is 13.6. The van der Waals surface area contributed by atoms with Gasteiger partial charge in [0.25, 0.3) is 5.89 Å². The minimum Gasteiger partial charge on any atom is -0.384 e. The van der Waals surface area contributed by atoms with Crippen LogP contribution >= 0.6 is 11.6 Å². The van der Waals surface area contributed by atoms with E-state index in [4.69, 9.17) is 26.0 Å². The van der Waals surface area contributed by atoms with Crippen LogP contribution in [-0.2, 0) is 0 Å². The van der Waals surface area contributed by atoms with E-state index in [0.717, 1.165) is 43.7 Å². The Hall–Kier alpha value is -3.34. The average molecular weight is 541 g/mol. The van der Waals surface area contributed by atoms with Gasteiger partial charge in [-0.3, -0.25) is 4.98 Å². The molecule has 0 bridgehead atoms. The Morgan fingerprint density at radius 1 is 1.18 bits per heavy atom. The molecule has 10 nitrogen and oxygen atoms in total. The molecule has 2 atom stereocenters. The summed E-state index contributed by atoms with van der Waals surface area (Å²) in [4.78, 5) is 32.5. The highest BCUT2D eigenvalue weighted by molar-refractivity contribution is 6.30. The van der Waals surface area contributed by atoms with Crippen LogP contribution in [0.3, 0.4) is 0 Å². The molecule has 2 fully saturated rings. The lowest BCUT2D eigenvalue weighted by atomic mass is 9.79. The molecule has 0 aromatic carbocycles.